The van der Waals surface area contributed by atoms with Gasteiger partial charge >= 0.3 is 0 Å². The van der Waals surface area contributed by atoms with Crippen LogP contribution in [0.4, 0.5) is 0 Å². The number of hydroxylamine groups is 1. The van der Waals surface area contributed by atoms with Gasteiger partial charge in [-0.15, -0.1) is 0 Å². The van der Waals surface area contributed by atoms with E-state index in [1.807, 2.05) is 67.6 Å². The van der Waals surface area contributed by atoms with Gasteiger partial charge in [-0.2, -0.15) is 0 Å². The lowest BCUT2D eigenvalue weighted by molar-refractivity contribution is 0.0646. The predicted octanol–water partition coefficient (Wildman–Crippen LogP) is 4.42. The van der Waals surface area contributed by atoms with Crippen molar-refractivity contribution in [1.82, 2.24) is 5.48 Å². The molecule has 0 spiro atoms. The molecule has 0 saturated carbocycles. The Hall–Kier alpha value is -1.77. The van der Waals surface area contributed by atoms with Gasteiger partial charge in [-0.25, -0.2) is 0 Å². The topological polar surface area (TPSA) is 21.3 Å². The molecule has 0 radical (unpaired) electrons. The first-order chi connectivity index (χ1) is 9.31. The van der Waals surface area contributed by atoms with Crippen LogP contribution in [0.2, 0.25) is 5.02 Å². The second kappa shape index (κ2) is 6.98. The van der Waals surface area contributed by atoms with E-state index in [1.165, 1.54) is 0 Å². The van der Waals surface area contributed by atoms with E-state index in [2.05, 4.69) is 5.48 Å². The zero-order valence-corrected chi connectivity index (χ0v) is 11.5. The first kappa shape index (κ1) is 13.7. The van der Waals surface area contributed by atoms with Crippen molar-refractivity contribution in [3.05, 3.63) is 76.8 Å². The fraction of sp³-hybridized carbons (Fsp3) is 0.125. The minimum absolute atomic E-state index is 0.420. The Morgan fingerprint density at radius 3 is 2.47 bits per heavy atom. The quantitative estimate of drug-likeness (QED) is 0.814. The Bertz CT molecular complexity index is 552. The van der Waals surface area contributed by atoms with Crippen LogP contribution in [-0.4, -0.2) is 0 Å². The van der Waals surface area contributed by atoms with Gasteiger partial charge in [-0.05, 0) is 24.1 Å². The molecule has 0 fully saturated rings. The molecule has 0 aliphatic carbocycles. The summed E-state index contributed by atoms with van der Waals surface area (Å²) in [5.74, 6) is 0. The third kappa shape index (κ3) is 3.85. The van der Waals surface area contributed by atoms with Crippen LogP contribution < -0.4 is 5.48 Å². The highest BCUT2D eigenvalue weighted by Gasteiger charge is 2.01. The molecule has 3 heteroatoms. The normalized spacial score (nSPS) is 11.4. The molecule has 0 aliphatic heterocycles. The van der Waals surface area contributed by atoms with E-state index in [9.17, 15) is 0 Å². The van der Waals surface area contributed by atoms with Crippen LogP contribution in [0, 0.1) is 0 Å². The zero-order chi connectivity index (χ0) is 13.5. The lowest BCUT2D eigenvalue weighted by Gasteiger charge is -2.11. The van der Waals surface area contributed by atoms with E-state index in [0.29, 0.717) is 11.6 Å². The lowest BCUT2D eigenvalue weighted by Crippen LogP contribution is -2.13. The van der Waals surface area contributed by atoms with Gasteiger partial charge in [0, 0.05) is 5.02 Å². The molecule has 2 aromatic rings. The number of nitrogens with one attached hydrogen (secondary N) is 1. The summed E-state index contributed by atoms with van der Waals surface area (Å²) < 4.78 is 0. The Balaban J connectivity index is 1.94. The number of hydrogen-bond donors (Lipinski definition) is 1. The van der Waals surface area contributed by atoms with Gasteiger partial charge in [0.2, 0.25) is 0 Å². The van der Waals surface area contributed by atoms with Crippen molar-refractivity contribution < 1.29 is 4.84 Å². The summed E-state index contributed by atoms with van der Waals surface area (Å²) in [5.41, 5.74) is 5.95. The van der Waals surface area contributed by atoms with Crippen LogP contribution in [0.5, 0.6) is 0 Å². The van der Waals surface area contributed by atoms with Crippen LogP contribution in [0.15, 0.2) is 60.7 Å². The van der Waals surface area contributed by atoms with Gasteiger partial charge in [-0.3, -0.25) is 10.3 Å². The van der Waals surface area contributed by atoms with Crippen molar-refractivity contribution in [1.29, 1.82) is 0 Å². The molecule has 0 aliphatic rings. The van der Waals surface area contributed by atoms with Gasteiger partial charge < -0.3 is 0 Å². The Morgan fingerprint density at radius 1 is 1.11 bits per heavy atom. The van der Waals surface area contributed by atoms with Crippen molar-refractivity contribution >= 4 is 17.3 Å². The van der Waals surface area contributed by atoms with E-state index in [4.69, 9.17) is 16.4 Å². The maximum Gasteiger partial charge on any atom is 0.101 e. The number of benzene rings is 2. The summed E-state index contributed by atoms with van der Waals surface area (Å²) >= 11 is 6.07. The first-order valence-electron chi connectivity index (χ1n) is 6.14. The molecule has 0 aromatic heterocycles. The highest BCUT2D eigenvalue weighted by atomic mass is 35.5. The minimum atomic E-state index is 0.420. The van der Waals surface area contributed by atoms with Crippen molar-refractivity contribution in [2.24, 2.45) is 0 Å². The fourth-order valence-corrected chi connectivity index (χ4v) is 1.90. The number of rotatable bonds is 5. The van der Waals surface area contributed by atoms with E-state index < -0.39 is 0 Å². The van der Waals surface area contributed by atoms with E-state index in [-0.39, 0.29) is 0 Å². The van der Waals surface area contributed by atoms with Crippen molar-refractivity contribution in [2.45, 2.75) is 13.5 Å². The zero-order valence-electron chi connectivity index (χ0n) is 10.8. The van der Waals surface area contributed by atoms with Crippen molar-refractivity contribution in [2.75, 3.05) is 0 Å². The van der Waals surface area contributed by atoms with Gasteiger partial charge in [0.25, 0.3) is 0 Å². The van der Waals surface area contributed by atoms with Crippen LogP contribution in [0.3, 0.4) is 0 Å². The molecular weight excluding hydrogens is 258 g/mol. The van der Waals surface area contributed by atoms with E-state index >= 15 is 0 Å². The number of halogens is 1. The van der Waals surface area contributed by atoms with Gasteiger partial charge in [-0.1, -0.05) is 66.2 Å². The molecule has 2 rings (SSSR count). The third-order valence-electron chi connectivity index (χ3n) is 2.74. The largest absolute Gasteiger partial charge is 0.271 e. The molecule has 0 atom stereocenters. The molecule has 0 bridgehead atoms. The predicted molar refractivity (Wildman–Crippen MR) is 79.5 cm³/mol. The minimum Gasteiger partial charge on any atom is -0.271 e. The molecular formula is C16H16ClNO. The molecule has 0 heterocycles. The smallest absolute Gasteiger partial charge is 0.101 e. The Kier molecular flexibility index (Phi) is 5.01. The SMILES string of the molecule is C/C=C(/NOCc1ccccc1Cl)c1ccccc1. The molecule has 2 aromatic carbocycles. The standard InChI is InChI=1S/C16H16ClNO/c1-2-16(13-8-4-3-5-9-13)18-19-12-14-10-6-7-11-15(14)17/h2-11,18H,12H2,1H3/b16-2+. The number of hydrogen-bond acceptors (Lipinski definition) is 2. The highest BCUT2D eigenvalue weighted by molar-refractivity contribution is 6.31. The van der Waals surface area contributed by atoms with E-state index in [0.717, 1.165) is 16.8 Å². The van der Waals surface area contributed by atoms with Crippen LogP contribution in [0.1, 0.15) is 18.1 Å². The first-order valence-corrected chi connectivity index (χ1v) is 6.52. The monoisotopic (exact) mass is 273 g/mol. The number of allylic oxidation sites excluding steroid dienone is 1. The molecule has 0 amide bonds. The Morgan fingerprint density at radius 2 is 1.79 bits per heavy atom. The summed E-state index contributed by atoms with van der Waals surface area (Å²) in [5, 5.41) is 0.714. The second-order valence-electron chi connectivity index (χ2n) is 4.05. The van der Waals surface area contributed by atoms with Crippen molar-refractivity contribution in [3.63, 3.8) is 0 Å². The summed E-state index contributed by atoms with van der Waals surface area (Å²) in [6.45, 7) is 2.39. The summed E-state index contributed by atoms with van der Waals surface area (Å²) in [4.78, 5) is 5.51. The lowest BCUT2D eigenvalue weighted by atomic mass is 10.1. The third-order valence-corrected chi connectivity index (χ3v) is 3.11. The maximum atomic E-state index is 6.07. The van der Waals surface area contributed by atoms with Crippen molar-refractivity contribution in [3.8, 4) is 0 Å². The maximum absolute atomic E-state index is 6.07. The Labute approximate surface area is 118 Å². The fourth-order valence-electron chi connectivity index (χ4n) is 1.71. The highest BCUT2D eigenvalue weighted by Crippen LogP contribution is 2.16. The second-order valence-corrected chi connectivity index (χ2v) is 4.46. The van der Waals surface area contributed by atoms with Gasteiger partial charge in [0.1, 0.15) is 6.61 Å². The molecule has 1 N–H and O–H groups in total. The summed E-state index contributed by atoms with van der Waals surface area (Å²) in [6, 6.07) is 17.7. The molecule has 0 saturated heterocycles. The molecule has 0 unspecified atom stereocenters. The average molecular weight is 274 g/mol. The van der Waals surface area contributed by atoms with Crippen LogP contribution in [-0.2, 0) is 11.4 Å². The van der Waals surface area contributed by atoms with Gasteiger partial charge in [0.05, 0.1) is 5.70 Å². The average Bonchev–Trinajstić information content (AvgIpc) is 2.46. The molecule has 19 heavy (non-hydrogen) atoms. The van der Waals surface area contributed by atoms with Gasteiger partial charge in [0.15, 0.2) is 0 Å². The van der Waals surface area contributed by atoms with Crippen LogP contribution in [0.25, 0.3) is 5.70 Å². The molecule has 2 nitrogen and oxygen atoms in total. The molecule has 98 valence electrons. The summed E-state index contributed by atoms with van der Waals surface area (Å²) in [6.07, 6.45) is 1.97. The van der Waals surface area contributed by atoms with Crippen LogP contribution >= 0.6 is 11.6 Å². The van der Waals surface area contributed by atoms with E-state index in [1.54, 1.807) is 0 Å². The summed E-state index contributed by atoms with van der Waals surface area (Å²) in [7, 11) is 0.